The second-order valence-electron chi connectivity index (χ2n) is 4.87. The predicted octanol–water partition coefficient (Wildman–Crippen LogP) is 2.44. The van der Waals surface area contributed by atoms with E-state index in [9.17, 15) is 0 Å². The molecule has 0 spiro atoms. The monoisotopic (exact) mass is 258 g/mol. The van der Waals surface area contributed by atoms with Crippen molar-refractivity contribution >= 4 is 0 Å². The summed E-state index contributed by atoms with van der Waals surface area (Å²) in [5, 5.41) is 8.46. The minimum atomic E-state index is 0.465. The first-order valence-electron chi connectivity index (χ1n) is 6.92. The average molecular weight is 258 g/mol. The number of nitrogens with zero attached hydrogens (tertiary/aromatic N) is 3. The van der Waals surface area contributed by atoms with Gasteiger partial charge in [-0.2, -0.15) is 0 Å². The molecule has 0 aliphatic carbocycles. The maximum atomic E-state index is 5.74. The Bertz CT molecular complexity index is 531. The number of aryl methyl sites for hydroxylation is 1. The molecule has 0 saturated carbocycles. The third-order valence-electron chi connectivity index (χ3n) is 3.46. The average Bonchev–Trinajstić information content (AvgIpc) is 2.81. The standard InChI is InChI=1S/C15H22N4/c1-3-4-9-15-14(10-16)17-18-19(15)11-13-8-6-5-7-12(13)2/h5-8H,3-4,9-11,16H2,1-2H3. The van der Waals surface area contributed by atoms with Crippen molar-refractivity contribution in [3.8, 4) is 0 Å². The molecule has 19 heavy (non-hydrogen) atoms. The number of aromatic nitrogens is 3. The van der Waals surface area contributed by atoms with Gasteiger partial charge in [-0.05, 0) is 30.9 Å². The van der Waals surface area contributed by atoms with E-state index in [-0.39, 0.29) is 0 Å². The van der Waals surface area contributed by atoms with Crippen LogP contribution in [-0.2, 0) is 19.5 Å². The Kier molecular flexibility index (Phi) is 4.68. The lowest BCUT2D eigenvalue weighted by molar-refractivity contribution is 0.604. The van der Waals surface area contributed by atoms with Gasteiger partial charge in [0.05, 0.1) is 17.9 Å². The van der Waals surface area contributed by atoms with E-state index >= 15 is 0 Å². The van der Waals surface area contributed by atoms with Crippen molar-refractivity contribution in [1.82, 2.24) is 15.0 Å². The molecule has 2 N–H and O–H groups in total. The third-order valence-corrected chi connectivity index (χ3v) is 3.46. The van der Waals surface area contributed by atoms with Gasteiger partial charge in [0.1, 0.15) is 0 Å². The van der Waals surface area contributed by atoms with Crippen LogP contribution in [0.1, 0.15) is 42.3 Å². The summed E-state index contributed by atoms with van der Waals surface area (Å²) in [6.45, 7) is 5.56. The van der Waals surface area contributed by atoms with Crippen molar-refractivity contribution in [2.24, 2.45) is 5.73 Å². The van der Waals surface area contributed by atoms with Gasteiger partial charge in [0.2, 0.25) is 0 Å². The molecule has 0 bridgehead atoms. The summed E-state index contributed by atoms with van der Waals surface area (Å²) in [6, 6.07) is 8.39. The molecule has 0 atom stereocenters. The molecule has 0 aliphatic heterocycles. The van der Waals surface area contributed by atoms with Gasteiger partial charge in [-0.25, -0.2) is 4.68 Å². The molecule has 0 amide bonds. The van der Waals surface area contributed by atoms with Gasteiger partial charge in [0, 0.05) is 6.54 Å². The van der Waals surface area contributed by atoms with Crippen molar-refractivity contribution in [1.29, 1.82) is 0 Å². The Morgan fingerprint density at radius 2 is 2.05 bits per heavy atom. The first kappa shape index (κ1) is 13.7. The van der Waals surface area contributed by atoms with Gasteiger partial charge in [0.25, 0.3) is 0 Å². The fourth-order valence-electron chi connectivity index (χ4n) is 2.22. The van der Waals surface area contributed by atoms with Gasteiger partial charge >= 0.3 is 0 Å². The largest absolute Gasteiger partial charge is 0.325 e. The second kappa shape index (κ2) is 6.48. The highest BCUT2D eigenvalue weighted by Crippen LogP contribution is 2.14. The van der Waals surface area contributed by atoms with Crippen LogP contribution < -0.4 is 5.73 Å². The Morgan fingerprint density at radius 1 is 1.26 bits per heavy atom. The first-order valence-corrected chi connectivity index (χ1v) is 6.92. The lowest BCUT2D eigenvalue weighted by Gasteiger charge is -2.09. The number of benzene rings is 1. The van der Waals surface area contributed by atoms with Gasteiger partial charge in [-0.1, -0.05) is 42.8 Å². The molecular formula is C15H22N4. The van der Waals surface area contributed by atoms with E-state index in [0.717, 1.165) is 25.1 Å². The lowest BCUT2D eigenvalue weighted by Crippen LogP contribution is -2.09. The third kappa shape index (κ3) is 3.20. The van der Waals surface area contributed by atoms with Crippen LogP contribution in [0.2, 0.25) is 0 Å². The minimum Gasteiger partial charge on any atom is -0.325 e. The molecule has 1 heterocycles. The zero-order valence-corrected chi connectivity index (χ0v) is 11.8. The summed E-state index contributed by atoms with van der Waals surface area (Å²) in [4.78, 5) is 0. The van der Waals surface area contributed by atoms with Crippen LogP contribution in [0, 0.1) is 6.92 Å². The number of hydrogen-bond donors (Lipinski definition) is 1. The van der Waals surface area contributed by atoms with E-state index < -0.39 is 0 Å². The number of nitrogens with two attached hydrogens (primary N) is 1. The van der Waals surface area contributed by atoms with Gasteiger partial charge in [-0.3, -0.25) is 0 Å². The van der Waals surface area contributed by atoms with Crippen molar-refractivity contribution in [2.75, 3.05) is 0 Å². The van der Waals surface area contributed by atoms with Crippen LogP contribution in [0.15, 0.2) is 24.3 Å². The molecule has 4 nitrogen and oxygen atoms in total. The van der Waals surface area contributed by atoms with Gasteiger partial charge < -0.3 is 5.73 Å². The predicted molar refractivity (Wildman–Crippen MR) is 76.8 cm³/mol. The van der Waals surface area contributed by atoms with Crippen molar-refractivity contribution in [3.63, 3.8) is 0 Å². The molecule has 0 fully saturated rings. The summed E-state index contributed by atoms with van der Waals surface area (Å²) in [7, 11) is 0. The van der Waals surface area contributed by atoms with E-state index in [2.05, 4.69) is 48.4 Å². The maximum Gasteiger partial charge on any atom is 0.0994 e. The van der Waals surface area contributed by atoms with E-state index in [1.54, 1.807) is 0 Å². The topological polar surface area (TPSA) is 56.7 Å². The van der Waals surface area contributed by atoms with E-state index in [0.29, 0.717) is 6.54 Å². The highest BCUT2D eigenvalue weighted by atomic mass is 15.4. The molecule has 0 unspecified atom stereocenters. The summed E-state index contributed by atoms with van der Waals surface area (Å²) >= 11 is 0. The molecular weight excluding hydrogens is 236 g/mol. The van der Waals surface area contributed by atoms with Gasteiger partial charge in [0.15, 0.2) is 0 Å². The number of rotatable bonds is 6. The second-order valence-corrected chi connectivity index (χ2v) is 4.87. The summed E-state index contributed by atoms with van der Waals surface area (Å²) in [6.07, 6.45) is 3.32. The van der Waals surface area contributed by atoms with E-state index in [1.165, 1.54) is 23.2 Å². The molecule has 1 aromatic carbocycles. The molecule has 1 aromatic heterocycles. The lowest BCUT2D eigenvalue weighted by atomic mass is 10.1. The van der Waals surface area contributed by atoms with Gasteiger partial charge in [-0.15, -0.1) is 5.10 Å². The fraction of sp³-hybridized carbons (Fsp3) is 0.467. The zero-order valence-electron chi connectivity index (χ0n) is 11.8. The molecule has 0 aliphatic rings. The summed E-state index contributed by atoms with van der Waals surface area (Å²) < 4.78 is 2.00. The van der Waals surface area contributed by atoms with E-state index in [1.807, 2.05) is 4.68 Å². The summed E-state index contributed by atoms with van der Waals surface area (Å²) in [5.74, 6) is 0. The molecule has 2 rings (SSSR count). The Hall–Kier alpha value is -1.68. The quantitative estimate of drug-likeness (QED) is 0.865. The van der Waals surface area contributed by atoms with Crippen LogP contribution in [0.4, 0.5) is 0 Å². The molecule has 0 saturated heterocycles. The molecule has 102 valence electrons. The smallest absolute Gasteiger partial charge is 0.0994 e. The molecule has 4 heteroatoms. The normalized spacial score (nSPS) is 10.9. The van der Waals surface area contributed by atoms with Crippen LogP contribution in [0.5, 0.6) is 0 Å². The van der Waals surface area contributed by atoms with Crippen LogP contribution >= 0.6 is 0 Å². The Morgan fingerprint density at radius 3 is 2.74 bits per heavy atom. The van der Waals surface area contributed by atoms with Crippen LogP contribution in [-0.4, -0.2) is 15.0 Å². The Labute approximate surface area is 114 Å². The highest BCUT2D eigenvalue weighted by Gasteiger charge is 2.12. The maximum absolute atomic E-state index is 5.74. The number of unbranched alkanes of at least 4 members (excludes halogenated alkanes) is 1. The first-order chi connectivity index (χ1) is 9.26. The fourth-order valence-corrected chi connectivity index (χ4v) is 2.22. The molecule has 2 aromatic rings. The van der Waals surface area contributed by atoms with Crippen molar-refractivity contribution in [2.45, 2.75) is 46.2 Å². The summed E-state index contributed by atoms with van der Waals surface area (Å²) in [5.41, 5.74) is 10.4. The Balaban J connectivity index is 2.24. The van der Waals surface area contributed by atoms with Crippen molar-refractivity contribution < 1.29 is 0 Å². The van der Waals surface area contributed by atoms with Crippen LogP contribution in [0.25, 0.3) is 0 Å². The number of hydrogen-bond acceptors (Lipinski definition) is 3. The zero-order chi connectivity index (χ0) is 13.7. The van der Waals surface area contributed by atoms with Crippen molar-refractivity contribution in [3.05, 3.63) is 46.8 Å². The van der Waals surface area contributed by atoms with Crippen LogP contribution in [0.3, 0.4) is 0 Å². The molecule has 0 radical (unpaired) electrons. The highest BCUT2D eigenvalue weighted by molar-refractivity contribution is 5.26. The van der Waals surface area contributed by atoms with E-state index in [4.69, 9.17) is 5.73 Å². The SMILES string of the molecule is CCCCc1c(CN)nnn1Cc1ccccc1C. The minimum absolute atomic E-state index is 0.465.